The van der Waals surface area contributed by atoms with Crippen molar-refractivity contribution >= 4 is 5.97 Å². The molecule has 0 amide bonds. The van der Waals surface area contributed by atoms with Gasteiger partial charge in [0.15, 0.2) is 0 Å². The molecule has 2 atom stereocenters. The molecule has 2 aliphatic rings. The van der Waals surface area contributed by atoms with Gasteiger partial charge in [-0.25, -0.2) is 4.79 Å². The number of esters is 1. The summed E-state index contributed by atoms with van der Waals surface area (Å²) in [7, 11) is 0. The highest BCUT2D eigenvalue weighted by Crippen LogP contribution is 2.30. The molecule has 2 aliphatic heterocycles. The van der Waals surface area contributed by atoms with Gasteiger partial charge in [-0.05, 0) is 26.0 Å². The molecule has 24 heavy (non-hydrogen) atoms. The highest BCUT2D eigenvalue weighted by molar-refractivity contribution is 5.89. The van der Waals surface area contributed by atoms with Gasteiger partial charge in [0.05, 0.1) is 43.4 Å². The van der Waals surface area contributed by atoms with Crippen molar-refractivity contribution in [3.8, 4) is 0 Å². The maximum atomic E-state index is 12.5. The topological polar surface area (TPSA) is 49.2 Å². The quantitative estimate of drug-likeness (QED) is 0.833. The minimum absolute atomic E-state index is 0.100. The van der Waals surface area contributed by atoms with Crippen molar-refractivity contribution in [2.24, 2.45) is 5.92 Å². The third kappa shape index (κ3) is 4.56. The fourth-order valence-corrected chi connectivity index (χ4v) is 3.49. The van der Waals surface area contributed by atoms with Gasteiger partial charge < -0.3 is 19.1 Å². The predicted octanol–water partition coefficient (Wildman–Crippen LogP) is 0.942. The summed E-state index contributed by atoms with van der Waals surface area (Å²) in [6.45, 7) is 9.38. The molecular formula is C19H28NO4+. The van der Waals surface area contributed by atoms with Gasteiger partial charge in [0.25, 0.3) is 0 Å². The second kappa shape index (κ2) is 7.64. The first-order chi connectivity index (χ1) is 11.5. The Morgan fingerprint density at radius 1 is 1.25 bits per heavy atom. The first kappa shape index (κ1) is 17.4. The molecule has 0 spiro atoms. The van der Waals surface area contributed by atoms with E-state index in [-0.39, 0.29) is 23.6 Å². The van der Waals surface area contributed by atoms with Gasteiger partial charge in [-0.15, -0.1) is 0 Å². The molecular weight excluding hydrogens is 306 g/mol. The van der Waals surface area contributed by atoms with Gasteiger partial charge in [0.1, 0.15) is 19.2 Å². The molecule has 5 heteroatoms. The average Bonchev–Trinajstić information content (AvgIpc) is 2.59. The number of hydrogen-bond donors (Lipinski definition) is 1. The molecule has 132 valence electrons. The number of morpholine rings is 1. The number of carbonyl (C=O) groups is 1. The van der Waals surface area contributed by atoms with Crippen LogP contribution < -0.4 is 4.90 Å². The lowest BCUT2D eigenvalue weighted by atomic mass is 9.88. The van der Waals surface area contributed by atoms with Crippen LogP contribution in [0, 0.1) is 5.92 Å². The van der Waals surface area contributed by atoms with Gasteiger partial charge in [-0.2, -0.15) is 0 Å². The molecule has 2 heterocycles. The van der Waals surface area contributed by atoms with Crippen molar-refractivity contribution in [1.29, 1.82) is 0 Å². The molecule has 1 aromatic carbocycles. The number of rotatable bonds is 4. The van der Waals surface area contributed by atoms with Crippen LogP contribution in [0.2, 0.25) is 0 Å². The highest BCUT2D eigenvalue weighted by atomic mass is 16.6. The second-order valence-electron chi connectivity index (χ2n) is 7.41. The first-order valence-electron chi connectivity index (χ1n) is 8.85. The number of hydrogen-bond acceptors (Lipinski definition) is 4. The van der Waals surface area contributed by atoms with Gasteiger partial charge in [0, 0.05) is 6.42 Å². The van der Waals surface area contributed by atoms with Crippen LogP contribution in [0.1, 0.15) is 30.6 Å². The molecule has 5 nitrogen and oxygen atoms in total. The van der Waals surface area contributed by atoms with Crippen LogP contribution in [0.5, 0.6) is 0 Å². The molecule has 0 saturated carbocycles. The maximum Gasteiger partial charge on any atom is 0.338 e. The Morgan fingerprint density at radius 2 is 1.96 bits per heavy atom. The van der Waals surface area contributed by atoms with Gasteiger partial charge in [-0.1, -0.05) is 18.2 Å². The zero-order valence-corrected chi connectivity index (χ0v) is 14.6. The third-order valence-corrected chi connectivity index (χ3v) is 4.93. The largest absolute Gasteiger partial charge is 0.458 e. The highest BCUT2D eigenvalue weighted by Gasteiger charge is 2.40. The van der Waals surface area contributed by atoms with Crippen LogP contribution in [-0.4, -0.2) is 57.1 Å². The number of nitrogens with one attached hydrogen (secondary N) is 1. The SMILES string of the molecule is CC1(C)C[C@@H](OC(=O)c2ccccc2)[C@@H](C[NH+]2CCOCC2)CO1. The number of quaternary nitrogens is 1. The van der Waals surface area contributed by atoms with Crippen molar-refractivity contribution < 1.29 is 23.9 Å². The lowest BCUT2D eigenvalue weighted by Gasteiger charge is -2.41. The fraction of sp³-hybridized carbons (Fsp3) is 0.632. The Hall–Kier alpha value is -1.43. The summed E-state index contributed by atoms with van der Waals surface area (Å²) in [5.41, 5.74) is 0.359. The number of ether oxygens (including phenoxy) is 3. The molecule has 2 fully saturated rings. The molecule has 2 saturated heterocycles. The van der Waals surface area contributed by atoms with E-state index in [1.54, 1.807) is 12.1 Å². The Morgan fingerprint density at radius 3 is 2.67 bits per heavy atom. The van der Waals surface area contributed by atoms with E-state index in [0.717, 1.165) is 39.3 Å². The molecule has 1 N–H and O–H groups in total. The molecule has 0 radical (unpaired) electrons. The molecule has 0 unspecified atom stereocenters. The van der Waals surface area contributed by atoms with Crippen LogP contribution in [0.4, 0.5) is 0 Å². The standard InChI is InChI=1S/C19H27NO4/c1-19(2)12-17(24-18(21)15-6-4-3-5-7-15)16(14-23-19)13-20-8-10-22-11-9-20/h3-7,16-17H,8-14H2,1-2H3/p+1/t16-,17+/m0/s1. The molecule has 0 aliphatic carbocycles. The maximum absolute atomic E-state index is 12.5. The zero-order chi connectivity index (χ0) is 17.0. The second-order valence-corrected chi connectivity index (χ2v) is 7.41. The monoisotopic (exact) mass is 334 g/mol. The van der Waals surface area contributed by atoms with E-state index < -0.39 is 0 Å². The van der Waals surface area contributed by atoms with Crippen LogP contribution >= 0.6 is 0 Å². The summed E-state index contributed by atoms with van der Waals surface area (Å²) in [6, 6.07) is 9.22. The fourth-order valence-electron chi connectivity index (χ4n) is 3.49. The Labute approximate surface area is 143 Å². The normalized spacial score (nSPS) is 27.6. The van der Waals surface area contributed by atoms with E-state index >= 15 is 0 Å². The Bertz CT molecular complexity index is 540. The number of benzene rings is 1. The molecule has 0 aromatic heterocycles. The molecule has 0 bridgehead atoms. The van der Waals surface area contributed by atoms with E-state index in [1.165, 1.54) is 4.90 Å². The van der Waals surface area contributed by atoms with E-state index in [0.29, 0.717) is 12.2 Å². The first-order valence-corrected chi connectivity index (χ1v) is 8.85. The van der Waals surface area contributed by atoms with E-state index in [4.69, 9.17) is 14.2 Å². The van der Waals surface area contributed by atoms with Crippen LogP contribution in [0.25, 0.3) is 0 Å². The molecule has 1 aromatic rings. The van der Waals surface area contributed by atoms with E-state index in [2.05, 4.69) is 13.8 Å². The van der Waals surface area contributed by atoms with Gasteiger partial charge in [-0.3, -0.25) is 0 Å². The van der Waals surface area contributed by atoms with Crippen molar-refractivity contribution in [1.82, 2.24) is 0 Å². The predicted molar refractivity (Wildman–Crippen MR) is 90.2 cm³/mol. The Balaban J connectivity index is 1.66. The van der Waals surface area contributed by atoms with Gasteiger partial charge in [0.2, 0.25) is 0 Å². The van der Waals surface area contributed by atoms with Crippen molar-refractivity contribution in [2.75, 3.05) is 39.5 Å². The summed E-state index contributed by atoms with van der Waals surface area (Å²) in [5, 5.41) is 0. The Kier molecular flexibility index (Phi) is 5.54. The minimum atomic E-state index is -0.252. The lowest BCUT2D eigenvalue weighted by Crippen LogP contribution is -3.15. The summed E-state index contributed by atoms with van der Waals surface area (Å²) < 4.78 is 17.3. The number of carbonyl (C=O) groups excluding carboxylic acids is 1. The van der Waals surface area contributed by atoms with E-state index in [1.807, 2.05) is 18.2 Å². The lowest BCUT2D eigenvalue weighted by molar-refractivity contribution is -0.912. The average molecular weight is 334 g/mol. The summed E-state index contributed by atoms with van der Waals surface area (Å²) >= 11 is 0. The summed E-state index contributed by atoms with van der Waals surface area (Å²) in [5.74, 6) is -0.000866. The van der Waals surface area contributed by atoms with Crippen LogP contribution in [0.3, 0.4) is 0 Å². The zero-order valence-electron chi connectivity index (χ0n) is 14.6. The summed E-state index contributed by atoms with van der Waals surface area (Å²) in [4.78, 5) is 14.0. The van der Waals surface area contributed by atoms with Crippen molar-refractivity contribution in [3.05, 3.63) is 35.9 Å². The summed E-state index contributed by atoms with van der Waals surface area (Å²) in [6.07, 6.45) is 0.636. The van der Waals surface area contributed by atoms with E-state index in [9.17, 15) is 4.79 Å². The van der Waals surface area contributed by atoms with Crippen LogP contribution in [0.15, 0.2) is 30.3 Å². The molecule has 3 rings (SSSR count). The van der Waals surface area contributed by atoms with Crippen molar-refractivity contribution in [2.45, 2.75) is 32.0 Å². The minimum Gasteiger partial charge on any atom is -0.458 e. The van der Waals surface area contributed by atoms with Crippen LogP contribution in [-0.2, 0) is 14.2 Å². The van der Waals surface area contributed by atoms with Crippen molar-refractivity contribution in [3.63, 3.8) is 0 Å². The smallest absolute Gasteiger partial charge is 0.338 e. The van der Waals surface area contributed by atoms with Gasteiger partial charge >= 0.3 is 5.97 Å². The third-order valence-electron chi connectivity index (χ3n) is 4.93.